The lowest BCUT2D eigenvalue weighted by atomic mass is 9.89. The third-order valence-electron chi connectivity index (χ3n) is 2.71. The molecule has 0 atom stereocenters. The van der Waals surface area contributed by atoms with Crippen molar-refractivity contribution in [3.8, 4) is 0 Å². The number of rotatable bonds is 4. The summed E-state index contributed by atoms with van der Waals surface area (Å²) < 4.78 is 43.9. The van der Waals surface area contributed by atoms with Crippen LogP contribution in [0.3, 0.4) is 0 Å². The summed E-state index contributed by atoms with van der Waals surface area (Å²) in [6.07, 6.45) is 0. The summed E-state index contributed by atoms with van der Waals surface area (Å²) >= 11 is 0. The summed E-state index contributed by atoms with van der Waals surface area (Å²) in [6, 6.07) is 4.75. The Bertz CT molecular complexity index is 494. The number of sulfonamides is 1. The van der Waals surface area contributed by atoms with Crippen LogP contribution in [0.2, 0.25) is 0 Å². The highest BCUT2D eigenvalue weighted by atomic mass is 32.2. The van der Waals surface area contributed by atoms with Crippen LogP contribution in [0.4, 0.5) is 4.39 Å². The molecule has 1 saturated heterocycles. The van der Waals surface area contributed by atoms with Crippen LogP contribution in [-0.4, -0.2) is 28.2 Å². The average Bonchev–Trinajstić information content (AvgIpc) is 2.24. The smallest absolute Gasteiger partial charge is 0.240 e. The van der Waals surface area contributed by atoms with Crippen molar-refractivity contribution in [2.75, 3.05) is 19.8 Å². The number of hydrogen-bond acceptors (Lipinski definition) is 3. The van der Waals surface area contributed by atoms with E-state index < -0.39 is 15.8 Å². The molecule has 17 heavy (non-hydrogen) atoms. The monoisotopic (exact) mass is 259 g/mol. The van der Waals surface area contributed by atoms with Gasteiger partial charge >= 0.3 is 0 Å². The maximum Gasteiger partial charge on any atom is 0.240 e. The zero-order valence-electron chi connectivity index (χ0n) is 9.44. The first-order valence-electron chi connectivity index (χ1n) is 5.24. The number of benzene rings is 1. The van der Waals surface area contributed by atoms with Crippen LogP contribution < -0.4 is 4.72 Å². The van der Waals surface area contributed by atoms with Gasteiger partial charge in [0.15, 0.2) is 0 Å². The fourth-order valence-corrected chi connectivity index (χ4v) is 2.72. The third kappa shape index (κ3) is 2.83. The van der Waals surface area contributed by atoms with Crippen molar-refractivity contribution < 1.29 is 17.5 Å². The predicted molar refractivity (Wildman–Crippen MR) is 60.5 cm³/mol. The van der Waals surface area contributed by atoms with Gasteiger partial charge in [-0.25, -0.2) is 17.5 Å². The molecule has 1 aromatic carbocycles. The molecule has 0 aliphatic carbocycles. The Morgan fingerprint density at radius 2 is 1.94 bits per heavy atom. The lowest BCUT2D eigenvalue weighted by Gasteiger charge is -2.37. The molecular weight excluding hydrogens is 245 g/mol. The number of hydrogen-bond donors (Lipinski definition) is 1. The van der Waals surface area contributed by atoms with E-state index in [1.807, 2.05) is 6.92 Å². The van der Waals surface area contributed by atoms with Crippen LogP contribution in [0.15, 0.2) is 29.2 Å². The van der Waals surface area contributed by atoms with E-state index in [1.54, 1.807) is 0 Å². The van der Waals surface area contributed by atoms with Crippen LogP contribution >= 0.6 is 0 Å². The largest absolute Gasteiger partial charge is 0.380 e. The third-order valence-corrected chi connectivity index (χ3v) is 4.13. The highest BCUT2D eigenvalue weighted by Gasteiger charge is 2.34. The normalized spacial score (nSPS) is 18.7. The Labute approximate surface area is 99.8 Å². The first kappa shape index (κ1) is 12.5. The topological polar surface area (TPSA) is 55.4 Å². The quantitative estimate of drug-likeness (QED) is 0.882. The van der Waals surface area contributed by atoms with E-state index in [9.17, 15) is 12.8 Å². The fraction of sp³-hybridized carbons (Fsp3) is 0.455. The minimum absolute atomic E-state index is 0.0720. The molecule has 94 valence electrons. The maximum atomic E-state index is 12.7. The minimum atomic E-state index is -3.56. The summed E-state index contributed by atoms with van der Waals surface area (Å²) in [7, 11) is -3.56. The van der Waals surface area contributed by atoms with Crippen molar-refractivity contribution in [3.05, 3.63) is 30.1 Å². The Hall–Kier alpha value is -0.980. The van der Waals surface area contributed by atoms with Gasteiger partial charge < -0.3 is 4.74 Å². The summed E-state index contributed by atoms with van der Waals surface area (Å²) in [6.45, 7) is 3.38. The van der Waals surface area contributed by atoms with Gasteiger partial charge in [-0.05, 0) is 24.3 Å². The van der Waals surface area contributed by atoms with E-state index in [0.717, 1.165) is 12.1 Å². The number of ether oxygens (including phenoxy) is 1. The van der Waals surface area contributed by atoms with Crippen LogP contribution in [0, 0.1) is 11.2 Å². The number of nitrogens with one attached hydrogen (secondary N) is 1. The number of halogens is 1. The average molecular weight is 259 g/mol. The van der Waals surface area contributed by atoms with E-state index in [2.05, 4.69) is 4.72 Å². The van der Waals surface area contributed by atoms with Gasteiger partial charge in [0, 0.05) is 12.0 Å². The van der Waals surface area contributed by atoms with Crippen LogP contribution in [0.5, 0.6) is 0 Å². The standard InChI is InChI=1S/C11H14FNO3S/c1-11(7-16-8-11)6-13-17(14,15)10-4-2-9(12)3-5-10/h2-5,13H,6-8H2,1H3. The second-order valence-electron chi connectivity index (χ2n) is 4.58. The van der Waals surface area contributed by atoms with Crippen molar-refractivity contribution in [2.45, 2.75) is 11.8 Å². The molecule has 0 amide bonds. The van der Waals surface area contributed by atoms with Gasteiger partial charge in [-0.15, -0.1) is 0 Å². The molecular formula is C11H14FNO3S. The van der Waals surface area contributed by atoms with Crippen LogP contribution in [0.1, 0.15) is 6.92 Å². The van der Waals surface area contributed by atoms with Crippen LogP contribution in [0.25, 0.3) is 0 Å². The van der Waals surface area contributed by atoms with E-state index in [1.165, 1.54) is 12.1 Å². The Kier molecular flexibility index (Phi) is 3.20. The van der Waals surface area contributed by atoms with Crippen molar-refractivity contribution in [2.24, 2.45) is 5.41 Å². The molecule has 0 aromatic heterocycles. The van der Waals surface area contributed by atoms with Crippen LogP contribution in [-0.2, 0) is 14.8 Å². The Morgan fingerprint density at radius 3 is 2.41 bits per heavy atom. The van der Waals surface area contributed by atoms with Gasteiger partial charge in [0.1, 0.15) is 5.82 Å². The molecule has 6 heteroatoms. The molecule has 2 rings (SSSR count). The summed E-state index contributed by atoms with van der Waals surface area (Å²) in [5.74, 6) is -0.455. The molecule has 1 aromatic rings. The highest BCUT2D eigenvalue weighted by Crippen LogP contribution is 2.25. The molecule has 0 bridgehead atoms. The fourth-order valence-electron chi connectivity index (χ4n) is 1.52. The SMILES string of the molecule is CC1(CNS(=O)(=O)c2ccc(F)cc2)COC1. The van der Waals surface area contributed by atoms with E-state index >= 15 is 0 Å². The lowest BCUT2D eigenvalue weighted by molar-refractivity contribution is -0.0965. The summed E-state index contributed by atoms with van der Waals surface area (Å²) in [4.78, 5) is 0.0720. The van der Waals surface area contributed by atoms with Crippen molar-refractivity contribution >= 4 is 10.0 Å². The van der Waals surface area contributed by atoms with E-state index in [4.69, 9.17) is 4.74 Å². The molecule has 0 radical (unpaired) electrons. The van der Waals surface area contributed by atoms with Gasteiger partial charge in [-0.2, -0.15) is 0 Å². The van der Waals surface area contributed by atoms with E-state index in [0.29, 0.717) is 19.8 Å². The summed E-state index contributed by atoms with van der Waals surface area (Å²) in [5, 5.41) is 0. The Balaban J connectivity index is 2.06. The molecule has 1 fully saturated rings. The first-order chi connectivity index (χ1) is 7.91. The second kappa shape index (κ2) is 4.36. The highest BCUT2D eigenvalue weighted by molar-refractivity contribution is 7.89. The van der Waals surface area contributed by atoms with E-state index in [-0.39, 0.29) is 10.3 Å². The van der Waals surface area contributed by atoms with Gasteiger partial charge in [0.25, 0.3) is 0 Å². The Morgan fingerprint density at radius 1 is 1.35 bits per heavy atom. The predicted octanol–water partition coefficient (Wildman–Crippen LogP) is 1.14. The van der Waals surface area contributed by atoms with Gasteiger partial charge in [0.05, 0.1) is 18.1 Å². The molecule has 1 aliphatic rings. The van der Waals surface area contributed by atoms with Crippen molar-refractivity contribution in [1.82, 2.24) is 4.72 Å². The molecule has 0 unspecified atom stereocenters. The minimum Gasteiger partial charge on any atom is -0.380 e. The van der Waals surface area contributed by atoms with Gasteiger partial charge in [-0.3, -0.25) is 0 Å². The first-order valence-corrected chi connectivity index (χ1v) is 6.73. The molecule has 1 heterocycles. The zero-order chi connectivity index (χ0) is 12.5. The van der Waals surface area contributed by atoms with Crippen molar-refractivity contribution in [3.63, 3.8) is 0 Å². The lowest BCUT2D eigenvalue weighted by Crippen LogP contribution is -2.48. The maximum absolute atomic E-state index is 12.7. The molecule has 1 aliphatic heterocycles. The molecule has 0 spiro atoms. The zero-order valence-corrected chi connectivity index (χ0v) is 10.3. The second-order valence-corrected chi connectivity index (χ2v) is 6.35. The van der Waals surface area contributed by atoms with Crippen molar-refractivity contribution in [1.29, 1.82) is 0 Å². The molecule has 0 saturated carbocycles. The van der Waals surface area contributed by atoms with Gasteiger partial charge in [0.2, 0.25) is 10.0 Å². The molecule has 4 nitrogen and oxygen atoms in total. The van der Waals surface area contributed by atoms with Gasteiger partial charge in [-0.1, -0.05) is 6.92 Å². The molecule has 1 N–H and O–H groups in total. The summed E-state index contributed by atoms with van der Waals surface area (Å²) in [5.41, 5.74) is -0.132.